The van der Waals surface area contributed by atoms with Crippen LogP contribution in [0.1, 0.15) is 183 Å². The highest BCUT2D eigenvalue weighted by atomic mass is 17.2. The average Bonchev–Trinajstić information content (AvgIpc) is 3.17. The molecule has 0 aromatic heterocycles. The Balaban J connectivity index is 1.65. The van der Waals surface area contributed by atoms with Gasteiger partial charge in [0.2, 0.25) is 0 Å². The maximum absolute atomic E-state index is 13.0. The minimum atomic E-state index is -0.634. The number of hydrogen-bond acceptors (Lipinski definition) is 9. The summed E-state index contributed by atoms with van der Waals surface area (Å²) in [6, 6.07) is 17.0. The van der Waals surface area contributed by atoms with E-state index in [9.17, 15) is 9.59 Å². The van der Waals surface area contributed by atoms with E-state index in [-0.39, 0.29) is 25.0 Å². The molecule has 9 nitrogen and oxygen atoms in total. The lowest BCUT2D eigenvalue weighted by molar-refractivity contribution is -0.349. The van der Waals surface area contributed by atoms with Crippen LogP contribution in [0.15, 0.2) is 48.5 Å². The molecule has 0 heterocycles. The van der Waals surface area contributed by atoms with E-state index in [1.165, 1.54) is 31.2 Å². The standard InChI is InChI=1S/C51H72O9/c1-34-28-44(54-26-27-57-60-51(9,10)11)41(36-20-14-12-15-21-36)30-39(34)48(38-24-18-19-25-43(38)55-32-46(52)58-49(3,4)5)40-31-42(37-22-16-13-17-23-37)45(29-35(40)2)56-33-47(53)59-50(6,7)8/h18-19,24-25,28-31,36-37,48H,12-17,20-23,26-27,32-33H2,1-11H3. The fourth-order valence-electron chi connectivity index (χ4n) is 8.54. The summed E-state index contributed by atoms with van der Waals surface area (Å²) in [6.07, 6.45) is 11.4. The molecular weight excluding hydrogens is 757 g/mol. The van der Waals surface area contributed by atoms with Gasteiger partial charge in [0.15, 0.2) is 13.2 Å². The lowest BCUT2D eigenvalue weighted by Gasteiger charge is -2.31. The van der Waals surface area contributed by atoms with E-state index >= 15 is 0 Å². The molecule has 2 saturated carbocycles. The van der Waals surface area contributed by atoms with Gasteiger partial charge in [0.05, 0.1) is 5.60 Å². The summed E-state index contributed by atoms with van der Waals surface area (Å²) in [5.74, 6) is 1.75. The first kappa shape index (κ1) is 47.0. The van der Waals surface area contributed by atoms with Crippen molar-refractivity contribution in [1.82, 2.24) is 0 Å². The fraction of sp³-hybridized carbons (Fsp3) is 0.608. The Bertz CT molecular complexity index is 1880. The molecule has 60 heavy (non-hydrogen) atoms. The van der Waals surface area contributed by atoms with Gasteiger partial charge in [-0.05, 0) is 165 Å². The summed E-state index contributed by atoms with van der Waals surface area (Å²) in [5.41, 5.74) is 5.96. The van der Waals surface area contributed by atoms with Crippen molar-refractivity contribution in [2.45, 2.75) is 175 Å². The number of ether oxygens (including phenoxy) is 5. The molecular formula is C51H72O9. The van der Waals surface area contributed by atoms with Crippen LogP contribution in [0.3, 0.4) is 0 Å². The van der Waals surface area contributed by atoms with Crippen molar-refractivity contribution in [2.24, 2.45) is 0 Å². The van der Waals surface area contributed by atoms with Crippen LogP contribution in [0, 0.1) is 13.8 Å². The molecule has 0 N–H and O–H groups in total. The smallest absolute Gasteiger partial charge is 0.344 e. The van der Waals surface area contributed by atoms with E-state index < -0.39 is 28.7 Å². The summed E-state index contributed by atoms with van der Waals surface area (Å²) < 4.78 is 30.6. The third-order valence-electron chi connectivity index (χ3n) is 11.0. The van der Waals surface area contributed by atoms with Gasteiger partial charge in [0.25, 0.3) is 0 Å². The molecule has 2 aliphatic rings. The number of carbonyl (C=O) groups is 2. The molecule has 5 rings (SSSR count). The Morgan fingerprint density at radius 3 is 1.47 bits per heavy atom. The molecule has 0 spiro atoms. The van der Waals surface area contributed by atoms with Crippen LogP contribution < -0.4 is 14.2 Å². The second-order valence-corrected chi connectivity index (χ2v) is 19.8. The van der Waals surface area contributed by atoms with Gasteiger partial charge in [0, 0.05) is 11.5 Å². The molecule has 0 bridgehead atoms. The quantitative estimate of drug-likeness (QED) is 0.0459. The van der Waals surface area contributed by atoms with E-state index in [0.717, 1.165) is 83.4 Å². The van der Waals surface area contributed by atoms with Gasteiger partial charge in [0.1, 0.15) is 41.7 Å². The fourth-order valence-corrected chi connectivity index (χ4v) is 8.54. The minimum absolute atomic E-state index is 0.167. The van der Waals surface area contributed by atoms with E-state index in [4.69, 9.17) is 33.5 Å². The van der Waals surface area contributed by atoms with Gasteiger partial charge in [-0.25, -0.2) is 19.4 Å². The lowest BCUT2D eigenvalue weighted by Crippen LogP contribution is -2.27. The Labute approximate surface area is 360 Å². The highest BCUT2D eigenvalue weighted by Gasteiger charge is 2.31. The van der Waals surface area contributed by atoms with Crippen molar-refractivity contribution in [1.29, 1.82) is 0 Å². The Kier molecular flexibility index (Phi) is 16.2. The molecule has 1 unspecified atom stereocenters. The number of aryl methyl sites for hydroxylation is 2. The maximum Gasteiger partial charge on any atom is 0.344 e. The van der Waals surface area contributed by atoms with Gasteiger partial charge in [-0.2, -0.15) is 0 Å². The second kappa shape index (κ2) is 20.7. The van der Waals surface area contributed by atoms with Gasteiger partial charge < -0.3 is 23.7 Å². The zero-order valence-electron chi connectivity index (χ0n) is 38.4. The first-order valence-corrected chi connectivity index (χ1v) is 22.3. The van der Waals surface area contributed by atoms with Gasteiger partial charge in [-0.15, -0.1) is 0 Å². The van der Waals surface area contributed by atoms with Crippen LogP contribution in [-0.2, 0) is 28.8 Å². The number of para-hydroxylation sites is 1. The zero-order chi connectivity index (χ0) is 43.7. The largest absolute Gasteiger partial charge is 0.491 e. The third kappa shape index (κ3) is 14.0. The minimum Gasteiger partial charge on any atom is -0.491 e. The second-order valence-electron chi connectivity index (χ2n) is 19.8. The predicted octanol–water partition coefficient (Wildman–Crippen LogP) is 12.1. The molecule has 330 valence electrons. The lowest BCUT2D eigenvalue weighted by atomic mass is 9.75. The van der Waals surface area contributed by atoms with E-state index in [2.05, 4.69) is 44.2 Å². The van der Waals surface area contributed by atoms with Crippen molar-refractivity contribution < 1.29 is 43.0 Å². The van der Waals surface area contributed by atoms with Crippen LogP contribution in [0.25, 0.3) is 0 Å². The number of hydrogen-bond donors (Lipinski definition) is 0. The molecule has 9 heteroatoms. The number of benzene rings is 3. The van der Waals surface area contributed by atoms with Crippen molar-refractivity contribution in [3.8, 4) is 17.2 Å². The van der Waals surface area contributed by atoms with Crippen LogP contribution in [-0.4, -0.2) is 55.2 Å². The van der Waals surface area contributed by atoms with Gasteiger partial charge in [-0.3, -0.25) is 0 Å². The first-order valence-electron chi connectivity index (χ1n) is 22.3. The Morgan fingerprint density at radius 2 is 1.00 bits per heavy atom. The first-order chi connectivity index (χ1) is 28.3. The average molecular weight is 829 g/mol. The molecule has 0 radical (unpaired) electrons. The highest BCUT2D eigenvalue weighted by molar-refractivity contribution is 5.72. The molecule has 2 fully saturated rings. The van der Waals surface area contributed by atoms with E-state index in [0.29, 0.717) is 24.9 Å². The van der Waals surface area contributed by atoms with Crippen LogP contribution >= 0.6 is 0 Å². The predicted molar refractivity (Wildman–Crippen MR) is 236 cm³/mol. The molecule has 2 aliphatic carbocycles. The third-order valence-corrected chi connectivity index (χ3v) is 11.0. The molecule has 3 aromatic carbocycles. The van der Waals surface area contributed by atoms with Gasteiger partial charge in [-0.1, -0.05) is 68.9 Å². The molecule has 3 aromatic rings. The Morgan fingerprint density at radius 1 is 0.550 bits per heavy atom. The van der Waals surface area contributed by atoms with Crippen LogP contribution in [0.5, 0.6) is 17.2 Å². The molecule has 0 aliphatic heterocycles. The van der Waals surface area contributed by atoms with Crippen molar-refractivity contribution in [2.75, 3.05) is 26.4 Å². The maximum atomic E-state index is 13.0. The zero-order valence-corrected chi connectivity index (χ0v) is 38.4. The SMILES string of the molecule is Cc1cc(OCCOOC(C)(C)C)c(C2CCCCC2)cc1C(c1cc(C2CCCCC2)c(OCC(=O)OC(C)(C)C)cc1C)c1ccccc1OCC(=O)OC(C)(C)C. The highest BCUT2D eigenvalue weighted by Crippen LogP contribution is 2.47. The molecule has 1 atom stereocenters. The van der Waals surface area contributed by atoms with E-state index in [1.807, 2.05) is 80.5 Å². The van der Waals surface area contributed by atoms with Crippen LogP contribution in [0.2, 0.25) is 0 Å². The summed E-state index contributed by atoms with van der Waals surface area (Å²) >= 11 is 0. The number of esters is 2. The summed E-state index contributed by atoms with van der Waals surface area (Å²) in [6.45, 7) is 21.6. The van der Waals surface area contributed by atoms with E-state index in [1.54, 1.807) is 0 Å². The van der Waals surface area contributed by atoms with Crippen molar-refractivity contribution in [3.63, 3.8) is 0 Å². The monoisotopic (exact) mass is 829 g/mol. The molecule has 0 amide bonds. The van der Waals surface area contributed by atoms with Gasteiger partial charge >= 0.3 is 11.9 Å². The number of carbonyl (C=O) groups excluding carboxylic acids is 2. The summed E-state index contributed by atoms with van der Waals surface area (Å²) in [7, 11) is 0. The number of rotatable bonds is 16. The summed E-state index contributed by atoms with van der Waals surface area (Å²) in [4.78, 5) is 37.0. The topological polar surface area (TPSA) is 98.8 Å². The normalized spacial score (nSPS) is 16.2. The summed E-state index contributed by atoms with van der Waals surface area (Å²) in [5, 5.41) is 0. The van der Waals surface area contributed by atoms with Crippen LogP contribution in [0.4, 0.5) is 0 Å². The van der Waals surface area contributed by atoms with Crippen molar-refractivity contribution in [3.05, 3.63) is 87.5 Å². The Hall–Kier alpha value is -4.08. The molecule has 0 saturated heterocycles. The van der Waals surface area contributed by atoms with Crippen molar-refractivity contribution >= 4 is 11.9 Å².